The molecule has 0 aromatic carbocycles. The van der Waals surface area contributed by atoms with Gasteiger partial charge in [-0.25, -0.2) is 0 Å². The lowest BCUT2D eigenvalue weighted by Crippen LogP contribution is -2.57. The molecule has 0 radical (unpaired) electrons. The van der Waals surface area contributed by atoms with Crippen molar-refractivity contribution < 1.29 is 9.53 Å². The normalized spacial score (nSPS) is 34.9. The Morgan fingerprint density at radius 1 is 1.28 bits per heavy atom. The van der Waals surface area contributed by atoms with Crippen molar-refractivity contribution in [3.05, 3.63) is 0 Å². The summed E-state index contributed by atoms with van der Waals surface area (Å²) in [5, 5.41) is 3.41. The van der Waals surface area contributed by atoms with Crippen LogP contribution >= 0.6 is 0 Å². The molecule has 1 aliphatic heterocycles. The summed E-state index contributed by atoms with van der Waals surface area (Å²) >= 11 is 0. The highest BCUT2D eigenvalue weighted by molar-refractivity contribution is 5.81. The highest BCUT2D eigenvalue weighted by Gasteiger charge is 2.46. The average molecular weight is 254 g/mol. The zero-order chi connectivity index (χ0) is 13.0. The number of hydrogen-bond donors (Lipinski definition) is 1. The number of methoxy groups -OCH3 is 1. The summed E-state index contributed by atoms with van der Waals surface area (Å²) in [6.07, 6.45) is 5.31. The maximum Gasteiger partial charge on any atom is 0.326 e. The number of carbonyl (C=O) groups excluding carboxylic acids is 1. The molecule has 2 fully saturated rings. The molecule has 1 aliphatic carbocycles. The van der Waals surface area contributed by atoms with Crippen LogP contribution in [0.3, 0.4) is 0 Å². The van der Waals surface area contributed by atoms with Gasteiger partial charge in [-0.05, 0) is 44.6 Å². The Morgan fingerprint density at radius 2 is 2.00 bits per heavy atom. The van der Waals surface area contributed by atoms with Gasteiger partial charge in [0.25, 0.3) is 0 Å². The van der Waals surface area contributed by atoms with E-state index in [1.165, 1.54) is 7.11 Å². The van der Waals surface area contributed by atoms with Crippen LogP contribution in [0.15, 0.2) is 0 Å². The number of esters is 1. The molecular weight excluding hydrogens is 228 g/mol. The van der Waals surface area contributed by atoms with E-state index in [2.05, 4.69) is 17.1 Å². The number of nitrogens with zero attached hydrogens (tertiary/aromatic N) is 1. The summed E-state index contributed by atoms with van der Waals surface area (Å²) in [5.41, 5.74) is -0.340. The molecule has 1 saturated carbocycles. The molecule has 0 spiro atoms. The minimum Gasteiger partial charge on any atom is -0.468 e. The molecule has 0 aromatic heterocycles. The van der Waals surface area contributed by atoms with Crippen LogP contribution in [-0.2, 0) is 9.53 Å². The molecule has 0 atom stereocenters. The van der Waals surface area contributed by atoms with Gasteiger partial charge < -0.3 is 10.1 Å². The van der Waals surface area contributed by atoms with Crippen molar-refractivity contribution in [2.24, 2.45) is 5.92 Å². The molecule has 0 amide bonds. The first-order valence-corrected chi connectivity index (χ1v) is 7.23. The molecule has 1 saturated heterocycles. The third kappa shape index (κ3) is 2.69. The third-order valence-electron chi connectivity index (χ3n) is 4.61. The van der Waals surface area contributed by atoms with E-state index in [9.17, 15) is 4.79 Å². The van der Waals surface area contributed by atoms with Gasteiger partial charge in [0.15, 0.2) is 0 Å². The zero-order valence-corrected chi connectivity index (χ0v) is 11.7. The summed E-state index contributed by atoms with van der Waals surface area (Å²) in [5.74, 6) is 0.726. The van der Waals surface area contributed by atoms with Crippen LogP contribution in [-0.4, -0.2) is 49.7 Å². The van der Waals surface area contributed by atoms with Crippen LogP contribution in [0.1, 0.15) is 39.0 Å². The maximum atomic E-state index is 12.3. The van der Waals surface area contributed by atoms with Gasteiger partial charge in [0, 0.05) is 19.6 Å². The van der Waals surface area contributed by atoms with Gasteiger partial charge >= 0.3 is 5.97 Å². The second-order valence-corrected chi connectivity index (χ2v) is 5.80. The fourth-order valence-electron chi connectivity index (χ4n) is 3.35. The van der Waals surface area contributed by atoms with E-state index in [0.717, 1.165) is 64.2 Å². The molecule has 2 aliphatic rings. The highest BCUT2D eigenvalue weighted by Crippen LogP contribution is 2.37. The summed E-state index contributed by atoms with van der Waals surface area (Å²) in [6, 6.07) is 0. The summed E-state index contributed by atoms with van der Waals surface area (Å²) in [6.45, 7) is 6.30. The van der Waals surface area contributed by atoms with Gasteiger partial charge in [0.1, 0.15) is 5.54 Å². The summed E-state index contributed by atoms with van der Waals surface area (Å²) in [7, 11) is 1.53. The Kier molecular flexibility index (Phi) is 4.62. The quantitative estimate of drug-likeness (QED) is 0.756. The Hall–Kier alpha value is -0.610. The molecule has 4 nitrogen and oxygen atoms in total. The van der Waals surface area contributed by atoms with E-state index in [-0.39, 0.29) is 11.5 Å². The van der Waals surface area contributed by atoms with Crippen LogP contribution in [0.5, 0.6) is 0 Å². The van der Waals surface area contributed by atoms with Crippen LogP contribution in [0.4, 0.5) is 0 Å². The van der Waals surface area contributed by atoms with Gasteiger partial charge in [-0.2, -0.15) is 0 Å². The van der Waals surface area contributed by atoms with Crippen molar-refractivity contribution in [3.63, 3.8) is 0 Å². The predicted octanol–water partition coefficient (Wildman–Crippen LogP) is 1.40. The van der Waals surface area contributed by atoms with Crippen molar-refractivity contribution >= 4 is 5.97 Å². The first-order valence-electron chi connectivity index (χ1n) is 7.23. The van der Waals surface area contributed by atoms with E-state index < -0.39 is 0 Å². The fraction of sp³-hybridized carbons (Fsp3) is 0.929. The molecule has 4 heteroatoms. The Bertz CT molecular complexity index is 278. The van der Waals surface area contributed by atoms with Crippen LogP contribution in [0.2, 0.25) is 0 Å². The number of carbonyl (C=O) groups is 1. The largest absolute Gasteiger partial charge is 0.468 e. The SMILES string of the molecule is COC(=O)C1(N2CCCNCC2)CCC(C)CC1. The van der Waals surface area contributed by atoms with Crippen molar-refractivity contribution in [2.45, 2.75) is 44.6 Å². The van der Waals surface area contributed by atoms with Gasteiger partial charge in [-0.3, -0.25) is 9.69 Å². The van der Waals surface area contributed by atoms with Crippen LogP contribution in [0.25, 0.3) is 0 Å². The smallest absolute Gasteiger partial charge is 0.326 e. The molecule has 1 N–H and O–H groups in total. The highest BCUT2D eigenvalue weighted by atomic mass is 16.5. The lowest BCUT2D eigenvalue weighted by molar-refractivity contribution is -0.158. The van der Waals surface area contributed by atoms with Crippen LogP contribution in [0, 0.1) is 5.92 Å². The van der Waals surface area contributed by atoms with Crippen molar-refractivity contribution in [1.82, 2.24) is 10.2 Å². The number of nitrogens with one attached hydrogen (secondary N) is 1. The van der Waals surface area contributed by atoms with Crippen molar-refractivity contribution in [1.29, 1.82) is 0 Å². The fourth-order valence-corrected chi connectivity index (χ4v) is 3.35. The van der Waals surface area contributed by atoms with Gasteiger partial charge in [-0.1, -0.05) is 6.92 Å². The lowest BCUT2D eigenvalue weighted by Gasteiger charge is -2.44. The predicted molar refractivity (Wildman–Crippen MR) is 71.4 cm³/mol. The average Bonchev–Trinajstić information content (AvgIpc) is 2.68. The Balaban J connectivity index is 2.15. The van der Waals surface area contributed by atoms with Crippen molar-refractivity contribution in [2.75, 3.05) is 33.3 Å². The second-order valence-electron chi connectivity index (χ2n) is 5.80. The van der Waals surface area contributed by atoms with E-state index in [1.54, 1.807) is 0 Å². The molecule has 18 heavy (non-hydrogen) atoms. The van der Waals surface area contributed by atoms with Crippen LogP contribution < -0.4 is 5.32 Å². The summed E-state index contributed by atoms with van der Waals surface area (Å²) < 4.78 is 5.12. The molecule has 104 valence electrons. The number of rotatable bonds is 2. The van der Waals surface area contributed by atoms with E-state index >= 15 is 0 Å². The number of ether oxygens (including phenoxy) is 1. The van der Waals surface area contributed by atoms with Gasteiger partial charge in [-0.15, -0.1) is 0 Å². The first kappa shape index (κ1) is 13.8. The zero-order valence-electron chi connectivity index (χ0n) is 11.7. The number of hydrogen-bond acceptors (Lipinski definition) is 4. The minimum absolute atomic E-state index is 0.0173. The standard InChI is InChI=1S/C14H26N2O2/c1-12-4-6-14(7-5-12,13(17)18-2)16-10-3-8-15-9-11-16/h12,15H,3-11H2,1-2H3. The lowest BCUT2D eigenvalue weighted by atomic mass is 9.76. The topological polar surface area (TPSA) is 41.6 Å². The Labute approximate surface area is 110 Å². The monoisotopic (exact) mass is 254 g/mol. The third-order valence-corrected chi connectivity index (χ3v) is 4.61. The van der Waals surface area contributed by atoms with E-state index in [1.807, 2.05) is 0 Å². The molecule has 0 unspecified atom stereocenters. The summed E-state index contributed by atoms with van der Waals surface area (Å²) in [4.78, 5) is 14.7. The minimum atomic E-state index is -0.340. The van der Waals surface area contributed by atoms with E-state index in [4.69, 9.17) is 4.74 Å². The van der Waals surface area contributed by atoms with Crippen molar-refractivity contribution in [3.8, 4) is 0 Å². The molecule has 1 heterocycles. The first-order chi connectivity index (χ1) is 8.69. The van der Waals surface area contributed by atoms with Gasteiger partial charge in [0.05, 0.1) is 7.11 Å². The molecule has 0 bridgehead atoms. The van der Waals surface area contributed by atoms with E-state index in [0.29, 0.717) is 0 Å². The maximum absolute atomic E-state index is 12.3. The Morgan fingerprint density at radius 3 is 2.67 bits per heavy atom. The van der Waals surface area contributed by atoms with Gasteiger partial charge in [0.2, 0.25) is 0 Å². The molecular formula is C14H26N2O2. The molecule has 2 rings (SSSR count). The second kappa shape index (κ2) is 6.02. The molecule has 0 aromatic rings.